The maximum Gasteiger partial charge on any atom is 0.134 e. The van der Waals surface area contributed by atoms with Gasteiger partial charge in [-0.15, -0.1) is 6.58 Å². The van der Waals surface area contributed by atoms with Crippen molar-refractivity contribution in [2.24, 2.45) is 0 Å². The summed E-state index contributed by atoms with van der Waals surface area (Å²) in [6, 6.07) is 8.07. The molecule has 0 atom stereocenters. The van der Waals surface area contributed by atoms with Crippen LogP contribution < -0.4 is 0 Å². The number of benzene rings is 1. The third-order valence-corrected chi connectivity index (χ3v) is 1.95. The van der Waals surface area contributed by atoms with Crippen molar-refractivity contribution in [1.82, 2.24) is 0 Å². The van der Waals surface area contributed by atoms with E-state index in [1.807, 2.05) is 24.3 Å². The van der Waals surface area contributed by atoms with Gasteiger partial charge in [0, 0.05) is 5.39 Å². The van der Waals surface area contributed by atoms with Crippen molar-refractivity contribution in [2.45, 2.75) is 6.42 Å². The van der Waals surface area contributed by atoms with E-state index in [2.05, 4.69) is 12.6 Å². The number of hydrogen-bond donors (Lipinski definition) is 0. The Morgan fingerprint density at radius 2 is 2.25 bits per heavy atom. The van der Waals surface area contributed by atoms with Crippen LogP contribution in [0.25, 0.3) is 11.0 Å². The minimum Gasteiger partial charge on any atom is -0.464 e. The van der Waals surface area contributed by atoms with Gasteiger partial charge in [-0.25, -0.2) is 0 Å². The molecule has 2 rings (SSSR count). The second-order valence-corrected chi connectivity index (χ2v) is 2.74. The molecule has 0 aliphatic heterocycles. The van der Waals surface area contributed by atoms with E-state index in [-0.39, 0.29) is 0 Å². The first kappa shape index (κ1) is 7.17. The Balaban J connectivity index is 2.65. The van der Waals surface area contributed by atoms with Crippen LogP contribution in [0, 0.1) is 0 Å². The van der Waals surface area contributed by atoms with Crippen LogP contribution >= 0.6 is 0 Å². The molecule has 1 aromatic heterocycles. The van der Waals surface area contributed by atoms with Gasteiger partial charge in [0.05, 0.1) is 6.26 Å². The van der Waals surface area contributed by atoms with E-state index >= 15 is 0 Å². The zero-order chi connectivity index (χ0) is 8.39. The molecule has 1 heterocycles. The molecule has 0 unspecified atom stereocenters. The summed E-state index contributed by atoms with van der Waals surface area (Å²) in [5, 5.41) is 1.19. The second kappa shape index (κ2) is 2.86. The topological polar surface area (TPSA) is 13.1 Å². The van der Waals surface area contributed by atoms with E-state index in [9.17, 15) is 0 Å². The molecule has 0 radical (unpaired) electrons. The Labute approximate surface area is 71.3 Å². The average molecular weight is 158 g/mol. The van der Waals surface area contributed by atoms with Gasteiger partial charge in [-0.2, -0.15) is 0 Å². The quantitative estimate of drug-likeness (QED) is 0.612. The smallest absolute Gasteiger partial charge is 0.134 e. The monoisotopic (exact) mass is 158 g/mol. The van der Waals surface area contributed by atoms with Crippen molar-refractivity contribution in [3.8, 4) is 0 Å². The van der Waals surface area contributed by atoms with Crippen molar-refractivity contribution in [3.63, 3.8) is 0 Å². The highest BCUT2D eigenvalue weighted by molar-refractivity contribution is 5.80. The van der Waals surface area contributed by atoms with Crippen LogP contribution in [0.1, 0.15) is 5.56 Å². The first-order chi connectivity index (χ1) is 5.92. The Bertz CT molecular complexity index is 398. The third-order valence-electron chi connectivity index (χ3n) is 1.95. The first-order valence-electron chi connectivity index (χ1n) is 3.98. The van der Waals surface area contributed by atoms with Gasteiger partial charge in [-0.3, -0.25) is 0 Å². The van der Waals surface area contributed by atoms with E-state index < -0.39 is 0 Å². The van der Waals surface area contributed by atoms with Gasteiger partial charge in [-0.05, 0) is 24.1 Å². The molecule has 2 aromatic rings. The van der Waals surface area contributed by atoms with Crippen molar-refractivity contribution in [1.29, 1.82) is 0 Å². The zero-order valence-corrected chi connectivity index (χ0v) is 6.79. The van der Waals surface area contributed by atoms with Crippen LogP contribution in [0.3, 0.4) is 0 Å². The first-order valence-corrected chi connectivity index (χ1v) is 3.98. The Kier molecular flexibility index (Phi) is 1.71. The van der Waals surface area contributed by atoms with E-state index in [0.29, 0.717) is 0 Å². The van der Waals surface area contributed by atoms with E-state index in [1.165, 1.54) is 10.9 Å². The summed E-state index contributed by atoms with van der Waals surface area (Å²) in [4.78, 5) is 0. The lowest BCUT2D eigenvalue weighted by molar-refractivity contribution is 0.616. The van der Waals surface area contributed by atoms with Crippen LogP contribution in [-0.4, -0.2) is 0 Å². The average Bonchev–Trinajstić information content (AvgIpc) is 2.53. The minimum atomic E-state index is 0.900. The van der Waals surface area contributed by atoms with Crippen LogP contribution in [0.4, 0.5) is 0 Å². The van der Waals surface area contributed by atoms with E-state index in [0.717, 1.165) is 12.0 Å². The molecular weight excluding hydrogens is 148 g/mol. The Hall–Kier alpha value is -1.50. The molecule has 0 saturated heterocycles. The molecule has 12 heavy (non-hydrogen) atoms. The normalized spacial score (nSPS) is 10.3. The second-order valence-electron chi connectivity index (χ2n) is 2.74. The third kappa shape index (κ3) is 1.03. The highest BCUT2D eigenvalue weighted by atomic mass is 16.3. The molecule has 1 nitrogen and oxygen atoms in total. The summed E-state index contributed by atoms with van der Waals surface area (Å²) >= 11 is 0. The van der Waals surface area contributed by atoms with E-state index in [4.69, 9.17) is 4.42 Å². The van der Waals surface area contributed by atoms with Crippen LogP contribution in [-0.2, 0) is 6.42 Å². The van der Waals surface area contributed by atoms with Gasteiger partial charge in [0.15, 0.2) is 0 Å². The highest BCUT2D eigenvalue weighted by Crippen LogP contribution is 2.19. The van der Waals surface area contributed by atoms with Gasteiger partial charge in [-0.1, -0.05) is 18.2 Å². The largest absolute Gasteiger partial charge is 0.464 e. The molecule has 0 spiro atoms. The molecule has 0 bridgehead atoms. The van der Waals surface area contributed by atoms with Crippen LogP contribution in [0.15, 0.2) is 47.6 Å². The highest BCUT2D eigenvalue weighted by Gasteiger charge is 1.99. The molecule has 60 valence electrons. The molecule has 1 aromatic carbocycles. The molecule has 0 saturated carbocycles. The van der Waals surface area contributed by atoms with Gasteiger partial charge in [0.2, 0.25) is 0 Å². The fourth-order valence-corrected chi connectivity index (χ4v) is 1.39. The summed E-state index contributed by atoms with van der Waals surface area (Å²) in [7, 11) is 0. The van der Waals surface area contributed by atoms with Crippen LogP contribution in [0.2, 0.25) is 0 Å². The Morgan fingerprint density at radius 1 is 1.33 bits per heavy atom. The summed E-state index contributed by atoms with van der Waals surface area (Å²) in [6.07, 6.45) is 4.52. The number of allylic oxidation sites excluding steroid dienone is 1. The van der Waals surface area contributed by atoms with Crippen molar-refractivity contribution >= 4 is 11.0 Å². The van der Waals surface area contributed by atoms with Crippen molar-refractivity contribution in [3.05, 3.63) is 48.7 Å². The van der Waals surface area contributed by atoms with Gasteiger partial charge >= 0.3 is 0 Å². The lowest BCUT2D eigenvalue weighted by atomic mass is 10.1. The maximum absolute atomic E-state index is 5.27. The van der Waals surface area contributed by atoms with Crippen LogP contribution in [0.5, 0.6) is 0 Å². The SMILES string of the molecule is C=CCc1cccc2occc12. The molecule has 0 aliphatic rings. The fourth-order valence-electron chi connectivity index (χ4n) is 1.39. The molecule has 1 heteroatoms. The zero-order valence-electron chi connectivity index (χ0n) is 6.79. The minimum absolute atomic E-state index is 0.900. The Morgan fingerprint density at radius 3 is 3.08 bits per heavy atom. The maximum atomic E-state index is 5.27. The molecule has 0 fully saturated rings. The standard InChI is InChI=1S/C11H10O/c1-2-4-9-5-3-6-11-10(9)7-8-12-11/h2-3,5-8H,1,4H2. The summed E-state index contributed by atoms with van der Waals surface area (Å²) in [5.74, 6) is 0. The molecule has 0 amide bonds. The lowest BCUT2D eigenvalue weighted by Crippen LogP contribution is -1.79. The molecular formula is C11H10O. The number of rotatable bonds is 2. The summed E-state index contributed by atoms with van der Waals surface area (Å²) < 4.78 is 5.27. The molecule has 0 aliphatic carbocycles. The predicted molar refractivity (Wildman–Crippen MR) is 50.1 cm³/mol. The van der Waals surface area contributed by atoms with Gasteiger partial charge in [0.25, 0.3) is 0 Å². The van der Waals surface area contributed by atoms with Gasteiger partial charge < -0.3 is 4.42 Å². The summed E-state index contributed by atoms with van der Waals surface area (Å²) in [5.41, 5.74) is 2.23. The van der Waals surface area contributed by atoms with Gasteiger partial charge in [0.1, 0.15) is 5.58 Å². The lowest BCUT2D eigenvalue weighted by Gasteiger charge is -1.96. The number of hydrogen-bond acceptors (Lipinski definition) is 1. The predicted octanol–water partition coefficient (Wildman–Crippen LogP) is 3.16. The number of furan rings is 1. The number of fused-ring (bicyclic) bond motifs is 1. The van der Waals surface area contributed by atoms with Crippen molar-refractivity contribution in [2.75, 3.05) is 0 Å². The summed E-state index contributed by atoms with van der Waals surface area (Å²) in [6.45, 7) is 3.72. The van der Waals surface area contributed by atoms with Crippen molar-refractivity contribution < 1.29 is 4.42 Å². The molecule has 0 N–H and O–H groups in total. The fraction of sp³-hybridized carbons (Fsp3) is 0.0909. The van der Waals surface area contributed by atoms with E-state index in [1.54, 1.807) is 6.26 Å².